The monoisotopic (exact) mass is 453 g/mol. The Hall–Kier alpha value is -4.61. The van der Waals surface area contributed by atoms with E-state index in [2.05, 4.69) is 15.4 Å². The second kappa shape index (κ2) is 10.6. The maximum Gasteiger partial charge on any atom is 0.364 e. The molecule has 2 aromatic carbocycles. The maximum atomic E-state index is 12.5. The third kappa shape index (κ3) is 5.76. The van der Waals surface area contributed by atoms with Crippen LogP contribution in [0.25, 0.3) is 0 Å². The average Bonchev–Trinajstić information content (AvgIpc) is 3.24. The number of esters is 1. The summed E-state index contributed by atoms with van der Waals surface area (Å²) < 4.78 is 15.6. The van der Waals surface area contributed by atoms with Crippen LogP contribution in [0.1, 0.15) is 33.3 Å². The van der Waals surface area contributed by atoms with Gasteiger partial charge in [0.05, 0.1) is 24.9 Å². The van der Waals surface area contributed by atoms with Crippen molar-refractivity contribution in [2.24, 2.45) is 5.10 Å². The van der Waals surface area contributed by atoms with Crippen LogP contribution in [0.15, 0.2) is 53.6 Å². The fourth-order valence-electron chi connectivity index (χ4n) is 2.59. The lowest BCUT2D eigenvalue weighted by atomic mass is 10.1. The van der Waals surface area contributed by atoms with E-state index in [1.807, 2.05) is 0 Å². The van der Waals surface area contributed by atoms with Crippen molar-refractivity contribution in [3.05, 3.63) is 75.5 Å². The Kier molecular flexibility index (Phi) is 7.42. The summed E-state index contributed by atoms with van der Waals surface area (Å²) >= 11 is 0. The third-order valence-electron chi connectivity index (χ3n) is 4.25. The van der Waals surface area contributed by atoms with E-state index in [0.29, 0.717) is 16.9 Å². The van der Waals surface area contributed by atoms with E-state index in [1.165, 1.54) is 37.6 Å². The van der Waals surface area contributed by atoms with Crippen LogP contribution in [-0.2, 0) is 4.74 Å². The number of benzene rings is 2. The van der Waals surface area contributed by atoms with Gasteiger partial charge in [-0.25, -0.2) is 4.79 Å². The summed E-state index contributed by atoms with van der Waals surface area (Å²) in [4.78, 5) is 35.9. The number of hydrogen-bond donors (Lipinski definition) is 0. The molecule has 1 heterocycles. The summed E-state index contributed by atoms with van der Waals surface area (Å²) in [5, 5.41) is 22.3. The Morgan fingerprint density at radius 3 is 2.45 bits per heavy atom. The molecule has 3 rings (SSSR count). The highest BCUT2D eigenvalue weighted by molar-refractivity contribution is 5.97. The molecule has 0 amide bonds. The number of rotatable bonds is 10. The van der Waals surface area contributed by atoms with E-state index < -0.39 is 17.5 Å². The summed E-state index contributed by atoms with van der Waals surface area (Å²) in [5.74, 6) is -0.742. The zero-order chi connectivity index (χ0) is 23.8. The van der Waals surface area contributed by atoms with Crippen molar-refractivity contribution < 1.29 is 28.7 Å². The van der Waals surface area contributed by atoms with E-state index in [-0.39, 0.29) is 29.7 Å². The molecule has 0 aliphatic heterocycles. The molecular formula is C21H19N5O7. The minimum atomic E-state index is -0.791. The van der Waals surface area contributed by atoms with E-state index in [4.69, 9.17) is 14.2 Å². The quantitative estimate of drug-likeness (QED) is 0.148. The van der Waals surface area contributed by atoms with Crippen molar-refractivity contribution >= 4 is 23.7 Å². The molecule has 0 N–H and O–H groups in total. The van der Waals surface area contributed by atoms with Crippen molar-refractivity contribution in [3.63, 3.8) is 0 Å². The van der Waals surface area contributed by atoms with Gasteiger partial charge in [-0.3, -0.25) is 14.9 Å². The number of nitrogens with zero attached hydrogens (tertiary/aromatic N) is 5. The number of methoxy groups -OCH3 is 1. The number of hydrogen-bond acceptors (Lipinski definition) is 10. The highest BCUT2D eigenvalue weighted by Gasteiger charge is 2.24. The standard InChI is InChI=1S/C21H19N5O7/c1-3-32-21(28)19-20(33-13-18(27)15-6-10-17(31-2)11-7-15)25(24-23-19)22-12-14-4-8-16(9-5-14)26(29)30/h4-12H,3,13H2,1-2H3/b22-12-. The molecule has 0 bridgehead atoms. The second-order valence-corrected chi connectivity index (χ2v) is 6.39. The summed E-state index contributed by atoms with van der Waals surface area (Å²) in [6.45, 7) is 1.31. The zero-order valence-corrected chi connectivity index (χ0v) is 17.7. The van der Waals surface area contributed by atoms with Crippen molar-refractivity contribution in [3.8, 4) is 11.6 Å². The fourth-order valence-corrected chi connectivity index (χ4v) is 2.59. The van der Waals surface area contributed by atoms with Gasteiger partial charge in [0.2, 0.25) is 5.69 Å². The Morgan fingerprint density at radius 1 is 1.15 bits per heavy atom. The minimum Gasteiger partial charge on any atom is -0.497 e. The SMILES string of the molecule is CCOC(=O)c1nnn(/N=C\c2ccc([N+](=O)[O-])cc2)c1OCC(=O)c1ccc(OC)cc1. The lowest BCUT2D eigenvalue weighted by Crippen LogP contribution is -2.15. The van der Waals surface area contributed by atoms with Gasteiger partial charge in [-0.05, 0) is 54.1 Å². The summed E-state index contributed by atoms with van der Waals surface area (Å²) in [6, 6.07) is 12.0. The summed E-state index contributed by atoms with van der Waals surface area (Å²) in [7, 11) is 1.52. The number of aromatic nitrogens is 3. The highest BCUT2D eigenvalue weighted by Crippen LogP contribution is 2.19. The van der Waals surface area contributed by atoms with E-state index >= 15 is 0 Å². The van der Waals surface area contributed by atoms with Crippen LogP contribution in [0.4, 0.5) is 5.69 Å². The minimum absolute atomic E-state index is 0.0708. The number of carbonyl (C=O) groups excluding carboxylic acids is 2. The summed E-state index contributed by atoms with van der Waals surface area (Å²) in [6.07, 6.45) is 1.34. The van der Waals surface area contributed by atoms with Gasteiger partial charge < -0.3 is 14.2 Å². The van der Waals surface area contributed by atoms with Crippen LogP contribution >= 0.6 is 0 Å². The van der Waals surface area contributed by atoms with Gasteiger partial charge in [-0.1, -0.05) is 4.79 Å². The molecule has 0 unspecified atom stereocenters. The topological polar surface area (TPSA) is 148 Å². The van der Waals surface area contributed by atoms with Crippen molar-refractivity contribution in [2.45, 2.75) is 6.92 Å². The number of nitro benzene ring substituents is 1. The van der Waals surface area contributed by atoms with Gasteiger partial charge >= 0.3 is 5.97 Å². The van der Waals surface area contributed by atoms with Gasteiger partial charge in [-0.15, -0.1) is 5.10 Å². The molecular weight excluding hydrogens is 434 g/mol. The number of nitro groups is 1. The molecule has 12 heteroatoms. The van der Waals surface area contributed by atoms with Crippen molar-refractivity contribution in [2.75, 3.05) is 20.3 Å². The lowest BCUT2D eigenvalue weighted by Gasteiger charge is -2.07. The predicted octanol–water partition coefficient (Wildman–Crippen LogP) is 2.52. The Morgan fingerprint density at radius 2 is 1.85 bits per heavy atom. The Labute approximate surface area is 187 Å². The lowest BCUT2D eigenvalue weighted by molar-refractivity contribution is -0.384. The molecule has 1 aromatic heterocycles. The molecule has 0 fully saturated rings. The molecule has 0 saturated carbocycles. The smallest absolute Gasteiger partial charge is 0.364 e. The predicted molar refractivity (Wildman–Crippen MR) is 115 cm³/mol. The van der Waals surface area contributed by atoms with E-state index in [0.717, 1.165) is 4.79 Å². The van der Waals surface area contributed by atoms with Gasteiger partial charge in [0.25, 0.3) is 11.6 Å². The van der Waals surface area contributed by atoms with Gasteiger partial charge in [-0.2, -0.15) is 5.10 Å². The molecule has 12 nitrogen and oxygen atoms in total. The number of carbonyl (C=O) groups is 2. The number of non-ortho nitro benzene ring substituents is 1. The van der Waals surface area contributed by atoms with E-state index in [9.17, 15) is 19.7 Å². The highest BCUT2D eigenvalue weighted by atomic mass is 16.6. The van der Waals surface area contributed by atoms with Crippen LogP contribution < -0.4 is 9.47 Å². The molecule has 0 radical (unpaired) electrons. The molecule has 0 spiro atoms. The second-order valence-electron chi connectivity index (χ2n) is 6.39. The largest absolute Gasteiger partial charge is 0.497 e. The number of ketones is 1. The fraction of sp³-hybridized carbons (Fsp3) is 0.190. The zero-order valence-electron chi connectivity index (χ0n) is 17.7. The molecule has 33 heavy (non-hydrogen) atoms. The van der Waals surface area contributed by atoms with Crippen LogP contribution in [0, 0.1) is 10.1 Å². The molecule has 0 aliphatic rings. The number of Topliss-reactive ketones (excluding diaryl/α,β-unsaturated/α-hetero) is 1. The molecule has 0 saturated heterocycles. The third-order valence-corrected chi connectivity index (χ3v) is 4.25. The van der Waals surface area contributed by atoms with E-state index in [1.54, 1.807) is 31.2 Å². The Bertz CT molecular complexity index is 1170. The first-order valence-corrected chi connectivity index (χ1v) is 9.64. The van der Waals surface area contributed by atoms with Gasteiger partial charge in [0.1, 0.15) is 5.75 Å². The molecule has 0 atom stereocenters. The average molecular weight is 453 g/mol. The van der Waals surface area contributed by atoms with Crippen molar-refractivity contribution in [1.29, 1.82) is 0 Å². The summed E-state index contributed by atoms with van der Waals surface area (Å²) in [5.41, 5.74) is 0.578. The van der Waals surface area contributed by atoms with Crippen molar-refractivity contribution in [1.82, 2.24) is 15.1 Å². The van der Waals surface area contributed by atoms with Crippen LogP contribution in [0.5, 0.6) is 11.6 Å². The normalized spacial score (nSPS) is 10.7. The molecule has 170 valence electrons. The number of ether oxygens (including phenoxy) is 3. The van der Waals surface area contributed by atoms with Crippen LogP contribution in [0.3, 0.4) is 0 Å². The van der Waals surface area contributed by atoms with Crippen LogP contribution in [-0.4, -0.2) is 58.3 Å². The maximum absolute atomic E-state index is 12.5. The van der Waals surface area contributed by atoms with Gasteiger partial charge in [0, 0.05) is 17.7 Å². The first kappa shape index (κ1) is 23.1. The Balaban J connectivity index is 1.81. The first-order chi connectivity index (χ1) is 15.9. The molecule has 0 aliphatic carbocycles. The molecule has 3 aromatic rings. The first-order valence-electron chi connectivity index (χ1n) is 9.64. The van der Waals surface area contributed by atoms with Crippen LogP contribution in [0.2, 0.25) is 0 Å². The van der Waals surface area contributed by atoms with Gasteiger partial charge in [0.15, 0.2) is 12.4 Å².